The van der Waals surface area contributed by atoms with E-state index in [2.05, 4.69) is 43.5 Å². The molecule has 0 bridgehead atoms. The van der Waals surface area contributed by atoms with Gasteiger partial charge in [-0.15, -0.1) is 0 Å². The van der Waals surface area contributed by atoms with E-state index < -0.39 is 86.8 Å². The first-order chi connectivity index (χ1) is 45.6. The second-order valence-electron chi connectivity index (χ2n) is 28.2. The van der Waals surface area contributed by atoms with Crippen molar-refractivity contribution in [2.75, 3.05) is 19.8 Å². The van der Waals surface area contributed by atoms with E-state index in [-0.39, 0.29) is 18.9 Å². The fourth-order valence-corrected chi connectivity index (χ4v) is 13.3. The summed E-state index contributed by atoms with van der Waals surface area (Å²) in [6, 6.07) is -0.913. The summed E-state index contributed by atoms with van der Waals surface area (Å²) in [6.45, 7) is 2.85. The Hall–Kier alpha value is -1.79. The largest absolute Gasteiger partial charge is 0.394 e. The van der Waals surface area contributed by atoms with Gasteiger partial charge in [-0.1, -0.05) is 346 Å². The number of amides is 1. The molecular formula is C79H149NO13. The van der Waals surface area contributed by atoms with Gasteiger partial charge in [-0.2, -0.15) is 0 Å². The van der Waals surface area contributed by atoms with Crippen LogP contribution in [0.4, 0.5) is 0 Å². The van der Waals surface area contributed by atoms with E-state index in [1.807, 2.05) is 6.08 Å². The molecule has 14 heteroatoms. The Morgan fingerprint density at radius 2 is 0.710 bits per heavy atom. The first kappa shape index (κ1) is 87.3. The second kappa shape index (κ2) is 63.6. The molecule has 0 aromatic rings. The lowest BCUT2D eigenvalue weighted by atomic mass is 9.97. The average Bonchev–Trinajstić information content (AvgIpc) is 0.854. The van der Waals surface area contributed by atoms with E-state index in [1.165, 1.54) is 295 Å². The minimum Gasteiger partial charge on any atom is -0.394 e. The summed E-state index contributed by atoms with van der Waals surface area (Å²) in [6.07, 6.45) is 66.6. The number of unbranched alkanes of at least 4 members (excludes halogenated alkanes) is 50. The van der Waals surface area contributed by atoms with Crippen LogP contribution < -0.4 is 5.32 Å². The Morgan fingerprint density at radius 1 is 0.387 bits per heavy atom. The summed E-state index contributed by atoms with van der Waals surface area (Å²) < 4.78 is 22.9. The van der Waals surface area contributed by atoms with Gasteiger partial charge in [-0.05, 0) is 51.4 Å². The summed E-state index contributed by atoms with van der Waals surface area (Å²) in [4.78, 5) is 13.4. The highest BCUT2D eigenvalue weighted by Crippen LogP contribution is 2.30. The molecule has 93 heavy (non-hydrogen) atoms. The van der Waals surface area contributed by atoms with Crippen LogP contribution in [0.5, 0.6) is 0 Å². The van der Waals surface area contributed by atoms with Gasteiger partial charge in [-0.25, -0.2) is 0 Å². The van der Waals surface area contributed by atoms with Crippen molar-refractivity contribution < 1.29 is 64.6 Å². The third-order valence-corrected chi connectivity index (χ3v) is 19.6. The zero-order chi connectivity index (χ0) is 67.3. The van der Waals surface area contributed by atoms with Crippen LogP contribution in [0.1, 0.15) is 367 Å². The van der Waals surface area contributed by atoms with E-state index in [9.17, 15) is 45.6 Å². The van der Waals surface area contributed by atoms with Crippen LogP contribution in [0.15, 0.2) is 36.5 Å². The van der Waals surface area contributed by atoms with Crippen molar-refractivity contribution in [3.05, 3.63) is 36.5 Å². The number of carbonyl (C=O) groups is 1. The van der Waals surface area contributed by atoms with Crippen molar-refractivity contribution in [2.24, 2.45) is 0 Å². The van der Waals surface area contributed by atoms with Crippen molar-refractivity contribution >= 4 is 5.91 Å². The number of hydrogen-bond acceptors (Lipinski definition) is 13. The summed E-state index contributed by atoms with van der Waals surface area (Å²) in [5.41, 5.74) is 0. The van der Waals surface area contributed by atoms with Crippen LogP contribution in [-0.4, -0.2) is 140 Å². The molecule has 0 aromatic heterocycles. The number of aliphatic hydroxyl groups excluding tert-OH is 8. The monoisotopic (exact) mass is 1320 g/mol. The van der Waals surface area contributed by atoms with Crippen LogP contribution in [0, 0.1) is 0 Å². The molecule has 0 aliphatic carbocycles. The molecule has 0 spiro atoms. The van der Waals surface area contributed by atoms with Gasteiger partial charge in [0.2, 0.25) is 5.91 Å². The van der Waals surface area contributed by atoms with Gasteiger partial charge in [0.05, 0.1) is 32.0 Å². The Balaban J connectivity index is 1.57. The first-order valence-corrected chi connectivity index (χ1v) is 39.7. The van der Waals surface area contributed by atoms with Crippen LogP contribution >= 0.6 is 0 Å². The number of ether oxygens (including phenoxy) is 4. The molecule has 12 unspecified atom stereocenters. The lowest BCUT2D eigenvalue weighted by Gasteiger charge is -2.46. The molecule has 9 N–H and O–H groups in total. The maximum Gasteiger partial charge on any atom is 0.220 e. The number of hydrogen-bond donors (Lipinski definition) is 9. The second-order valence-corrected chi connectivity index (χ2v) is 28.2. The molecule has 0 aromatic carbocycles. The molecule has 14 nitrogen and oxygen atoms in total. The summed E-state index contributed by atoms with van der Waals surface area (Å²) in [5.74, 6) is -0.231. The van der Waals surface area contributed by atoms with Gasteiger partial charge in [0.1, 0.15) is 48.8 Å². The lowest BCUT2D eigenvalue weighted by molar-refractivity contribution is -0.359. The van der Waals surface area contributed by atoms with Crippen molar-refractivity contribution in [1.29, 1.82) is 0 Å². The average molecular weight is 1320 g/mol. The highest BCUT2D eigenvalue weighted by atomic mass is 16.7. The third-order valence-electron chi connectivity index (χ3n) is 19.6. The van der Waals surface area contributed by atoms with Crippen LogP contribution in [-0.2, 0) is 23.7 Å². The molecule has 2 rings (SSSR count). The summed E-state index contributed by atoms with van der Waals surface area (Å²) in [5, 5.41) is 87.6. The van der Waals surface area contributed by atoms with Crippen LogP contribution in [0.25, 0.3) is 0 Å². The fraction of sp³-hybridized carbons (Fsp3) is 0.911. The van der Waals surface area contributed by atoms with Crippen LogP contribution in [0.2, 0.25) is 0 Å². The Labute approximate surface area is 570 Å². The zero-order valence-electron chi connectivity index (χ0n) is 60.0. The molecule has 1 amide bonds. The summed E-state index contributed by atoms with van der Waals surface area (Å²) in [7, 11) is 0. The molecule has 2 heterocycles. The highest BCUT2D eigenvalue weighted by Gasteiger charge is 2.51. The van der Waals surface area contributed by atoms with Gasteiger partial charge in [0, 0.05) is 6.42 Å². The SMILES string of the molecule is CCCCCCC/C=C\C/C=C\CCCCCCCCCCCCCCCCCCCCCCCCCCCCCC(=O)NC(COC1OC(CO)C(OC2OC(CO)C(O)C(O)C2O)C(O)C1O)C(O)/C=C/CCCCCCCCCCCCCCCCCCCC. The van der Waals surface area contributed by atoms with E-state index in [4.69, 9.17) is 18.9 Å². The lowest BCUT2D eigenvalue weighted by Crippen LogP contribution is -2.65. The van der Waals surface area contributed by atoms with E-state index in [1.54, 1.807) is 6.08 Å². The standard InChI is InChI=1S/C79H149NO13/c1-3-5-7-9-11-13-15-17-19-21-23-25-26-27-28-29-30-31-32-33-34-35-36-37-38-39-40-41-42-43-45-47-49-51-53-55-57-59-61-63-71(84)80-67(68(83)62-60-58-56-54-52-50-48-46-44-24-22-20-18-16-14-12-10-8-6-4-2)66-90-78-76(89)74(87)77(70(65-82)92-78)93-79-75(88)73(86)72(85)69(64-81)91-79/h15,17,21,23,60,62,67-70,72-79,81-83,85-89H,3-14,16,18-20,22,24-59,61,63-66H2,1-2H3,(H,80,84)/b17-15-,23-21-,62-60+. The van der Waals surface area contributed by atoms with Crippen molar-refractivity contribution in [2.45, 2.75) is 441 Å². The topological polar surface area (TPSA) is 228 Å². The van der Waals surface area contributed by atoms with Gasteiger partial charge in [0.15, 0.2) is 12.6 Å². The molecule has 2 saturated heterocycles. The maximum absolute atomic E-state index is 13.4. The van der Waals surface area contributed by atoms with Gasteiger partial charge in [0.25, 0.3) is 0 Å². The van der Waals surface area contributed by atoms with E-state index in [0.29, 0.717) is 6.42 Å². The number of nitrogens with one attached hydrogen (secondary N) is 1. The Kier molecular flexibility index (Phi) is 59.7. The maximum atomic E-state index is 13.4. The number of aliphatic hydroxyl groups is 8. The summed E-state index contributed by atoms with van der Waals surface area (Å²) >= 11 is 0. The molecule has 548 valence electrons. The minimum atomic E-state index is -1.79. The van der Waals surface area contributed by atoms with Crippen molar-refractivity contribution in [1.82, 2.24) is 5.32 Å². The van der Waals surface area contributed by atoms with Gasteiger partial charge >= 0.3 is 0 Å². The molecular weight excluding hydrogens is 1170 g/mol. The number of allylic oxidation sites excluding steroid dienone is 5. The molecule has 0 radical (unpaired) electrons. The van der Waals surface area contributed by atoms with Gasteiger partial charge in [-0.3, -0.25) is 4.79 Å². The van der Waals surface area contributed by atoms with Crippen molar-refractivity contribution in [3.8, 4) is 0 Å². The fourth-order valence-electron chi connectivity index (χ4n) is 13.3. The smallest absolute Gasteiger partial charge is 0.220 e. The molecule has 2 aliphatic rings. The van der Waals surface area contributed by atoms with Gasteiger partial charge < -0.3 is 65.1 Å². The van der Waals surface area contributed by atoms with Crippen molar-refractivity contribution in [3.63, 3.8) is 0 Å². The highest BCUT2D eigenvalue weighted by molar-refractivity contribution is 5.76. The molecule has 2 fully saturated rings. The van der Waals surface area contributed by atoms with E-state index in [0.717, 1.165) is 44.9 Å². The Morgan fingerprint density at radius 3 is 1.08 bits per heavy atom. The van der Waals surface area contributed by atoms with Crippen LogP contribution in [0.3, 0.4) is 0 Å². The molecule has 2 aliphatic heterocycles. The number of carbonyl (C=O) groups excluding carboxylic acids is 1. The van der Waals surface area contributed by atoms with E-state index >= 15 is 0 Å². The predicted octanol–water partition coefficient (Wildman–Crippen LogP) is 17.6. The zero-order valence-corrected chi connectivity index (χ0v) is 60.0. The number of rotatable bonds is 67. The Bertz CT molecular complexity index is 1700. The minimum absolute atomic E-state index is 0.231. The normalized spacial score (nSPS) is 22.7. The predicted molar refractivity (Wildman–Crippen MR) is 383 cm³/mol. The third kappa shape index (κ3) is 47.0. The molecule has 12 atom stereocenters. The first-order valence-electron chi connectivity index (χ1n) is 39.7. The molecule has 0 saturated carbocycles. The quantitative estimate of drug-likeness (QED) is 0.0204.